The molecule has 2 aliphatic rings. The van der Waals surface area contributed by atoms with Gasteiger partial charge in [-0.1, -0.05) is 11.3 Å². The van der Waals surface area contributed by atoms with Crippen molar-refractivity contribution in [1.29, 1.82) is 0 Å². The maximum Gasteiger partial charge on any atom is 0.347 e. The SMILES string of the molecule is O=C(O)c1sc(N2CCOCC2)nc1CC(=O)N1CCc2c1ccc(F)c2F. The fourth-order valence-electron chi connectivity index (χ4n) is 3.43. The van der Waals surface area contributed by atoms with Crippen LogP contribution in [0.3, 0.4) is 0 Å². The minimum atomic E-state index is -1.14. The van der Waals surface area contributed by atoms with Gasteiger partial charge >= 0.3 is 5.97 Å². The van der Waals surface area contributed by atoms with Crippen molar-refractivity contribution in [3.05, 3.63) is 39.9 Å². The van der Waals surface area contributed by atoms with E-state index in [0.717, 1.165) is 17.4 Å². The summed E-state index contributed by atoms with van der Waals surface area (Å²) in [4.78, 5) is 32.1. The molecule has 7 nitrogen and oxygen atoms in total. The van der Waals surface area contributed by atoms with Gasteiger partial charge < -0.3 is 19.6 Å². The number of rotatable bonds is 4. The van der Waals surface area contributed by atoms with Gasteiger partial charge in [-0.3, -0.25) is 4.79 Å². The van der Waals surface area contributed by atoms with Crippen LogP contribution in [-0.2, 0) is 22.4 Å². The van der Waals surface area contributed by atoms with Gasteiger partial charge in [0.1, 0.15) is 4.88 Å². The van der Waals surface area contributed by atoms with Crippen molar-refractivity contribution in [2.24, 2.45) is 0 Å². The Morgan fingerprint density at radius 1 is 1.21 bits per heavy atom. The molecule has 1 saturated heterocycles. The Kier molecular flexibility index (Phi) is 4.98. The molecule has 0 radical (unpaired) electrons. The number of carbonyl (C=O) groups excluding carboxylic acids is 1. The van der Waals surface area contributed by atoms with E-state index in [9.17, 15) is 23.5 Å². The van der Waals surface area contributed by atoms with Gasteiger partial charge in [0.05, 0.1) is 31.0 Å². The van der Waals surface area contributed by atoms with Gasteiger partial charge in [-0.15, -0.1) is 0 Å². The molecule has 0 atom stereocenters. The molecule has 2 aliphatic heterocycles. The first-order valence-corrected chi connectivity index (χ1v) is 9.60. The number of aromatic nitrogens is 1. The Bertz CT molecular complexity index is 943. The summed E-state index contributed by atoms with van der Waals surface area (Å²) in [5.74, 6) is -3.43. The van der Waals surface area contributed by atoms with Gasteiger partial charge in [-0.05, 0) is 18.6 Å². The first-order valence-electron chi connectivity index (χ1n) is 8.78. The molecule has 1 amide bonds. The highest BCUT2D eigenvalue weighted by atomic mass is 32.1. The summed E-state index contributed by atoms with van der Waals surface area (Å²) in [6, 6.07) is 2.36. The molecule has 28 heavy (non-hydrogen) atoms. The number of carboxylic acid groups (broad SMARTS) is 1. The normalized spacial score (nSPS) is 16.4. The van der Waals surface area contributed by atoms with Crippen LogP contribution in [0.2, 0.25) is 0 Å². The molecule has 1 N–H and O–H groups in total. The van der Waals surface area contributed by atoms with Gasteiger partial charge in [0.2, 0.25) is 5.91 Å². The van der Waals surface area contributed by atoms with Crippen LogP contribution in [0.1, 0.15) is 20.9 Å². The Morgan fingerprint density at radius 2 is 1.96 bits per heavy atom. The highest BCUT2D eigenvalue weighted by Crippen LogP contribution is 2.33. The van der Waals surface area contributed by atoms with Crippen molar-refractivity contribution in [3.63, 3.8) is 0 Å². The van der Waals surface area contributed by atoms with E-state index in [4.69, 9.17) is 4.74 Å². The van der Waals surface area contributed by atoms with E-state index in [2.05, 4.69) is 4.98 Å². The third kappa shape index (κ3) is 3.33. The maximum absolute atomic E-state index is 13.9. The predicted octanol–water partition coefficient (Wildman–Crippen LogP) is 2.09. The van der Waals surface area contributed by atoms with E-state index in [1.807, 2.05) is 4.90 Å². The molecule has 3 heterocycles. The number of morpholine rings is 1. The lowest BCUT2D eigenvalue weighted by molar-refractivity contribution is -0.117. The minimum absolute atomic E-state index is 0.0135. The number of aromatic carboxylic acids is 1. The van der Waals surface area contributed by atoms with E-state index in [0.29, 0.717) is 37.1 Å². The number of hydrogen-bond donors (Lipinski definition) is 1. The van der Waals surface area contributed by atoms with E-state index < -0.39 is 23.5 Å². The second kappa shape index (κ2) is 7.44. The summed E-state index contributed by atoms with van der Waals surface area (Å²) in [6.45, 7) is 2.48. The number of halogens is 2. The number of hydrogen-bond acceptors (Lipinski definition) is 6. The summed E-state index contributed by atoms with van der Waals surface area (Å²) >= 11 is 1.03. The lowest BCUT2D eigenvalue weighted by Gasteiger charge is -2.26. The smallest absolute Gasteiger partial charge is 0.347 e. The molecule has 0 aliphatic carbocycles. The van der Waals surface area contributed by atoms with E-state index in [-0.39, 0.29) is 35.5 Å². The molecular weight excluding hydrogens is 392 g/mol. The number of carboxylic acids is 1. The second-order valence-electron chi connectivity index (χ2n) is 6.51. The second-order valence-corrected chi connectivity index (χ2v) is 7.49. The zero-order valence-corrected chi connectivity index (χ0v) is 15.6. The highest BCUT2D eigenvalue weighted by molar-refractivity contribution is 7.17. The fourth-order valence-corrected chi connectivity index (χ4v) is 4.40. The monoisotopic (exact) mass is 409 g/mol. The van der Waals surface area contributed by atoms with Crippen molar-refractivity contribution in [2.75, 3.05) is 42.6 Å². The largest absolute Gasteiger partial charge is 0.477 e. The van der Waals surface area contributed by atoms with Crippen LogP contribution in [-0.4, -0.2) is 54.8 Å². The number of carbonyl (C=O) groups is 2. The third-order valence-corrected chi connectivity index (χ3v) is 5.98. The van der Waals surface area contributed by atoms with Crippen molar-refractivity contribution in [1.82, 2.24) is 4.98 Å². The van der Waals surface area contributed by atoms with Gasteiger partial charge in [-0.2, -0.15) is 0 Å². The van der Waals surface area contributed by atoms with Crippen molar-refractivity contribution >= 4 is 34.0 Å². The van der Waals surface area contributed by atoms with Gasteiger partial charge in [0.25, 0.3) is 0 Å². The van der Waals surface area contributed by atoms with Gasteiger partial charge in [0.15, 0.2) is 16.8 Å². The zero-order chi connectivity index (χ0) is 19.8. The quantitative estimate of drug-likeness (QED) is 0.833. The lowest BCUT2D eigenvalue weighted by atomic mass is 10.1. The Balaban J connectivity index is 1.58. The van der Waals surface area contributed by atoms with Crippen molar-refractivity contribution in [2.45, 2.75) is 12.8 Å². The third-order valence-electron chi connectivity index (χ3n) is 4.83. The zero-order valence-electron chi connectivity index (χ0n) is 14.8. The molecule has 0 bridgehead atoms. The van der Waals surface area contributed by atoms with Crippen molar-refractivity contribution in [3.8, 4) is 0 Å². The summed E-state index contributed by atoms with van der Waals surface area (Å²) < 4.78 is 32.6. The molecule has 148 valence electrons. The van der Waals surface area contributed by atoms with Crippen molar-refractivity contribution < 1.29 is 28.2 Å². The van der Waals surface area contributed by atoms with Crippen LogP contribution >= 0.6 is 11.3 Å². The number of amides is 1. The summed E-state index contributed by atoms with van der Waals surface area (Å²) in [5.41, 5.74) is 0.670. The van der Waals surface area contributed by atoms with Crippen LogP contribution in [0.15, 0.2) is 12.1 Å². The molecule has 1 fully saturated rings. The highest BCUT2D eigenvalue weighted by Gasteiger charge is 2.30. The molecule has 2 aromatic rings. The molecule has 0 unspecified atom stereocenters. The first kappa shape index (κ1) is 18.8. The molecule has 0 saturated carbocycles. The summed E-state index contributed by atoms with van der Waals surface area (Å²) in [7, 11) is 0. The van der Waals surface area contributed by atoms with Crippen LogP contribution < -0.4 is 9.80 Å². The number of ether oxygens (including phenoxy) is 1. The van der Waals surface area contributed by atoms with E-state index in [1.165, 1.54) is 11.0 Å². The Labute approximate surface area is 163 Å². The number of fused-ring (bicyclic) bond motifs is 1. The number of thiazole rings is 1. The standard InChI is InChI=1S/C18H17F2N3O4S/c19-11-1-2-13-10(15(11)20)3-4-23(13)14(24)9-12-16(17(25)26)28-18(21-12)22-5-7-27-8-6-22/h1-2H,3-9H2,(H,25,26). The number of nitrogens with zero attached hydrogens (tertiary/aromatic N) is 3. The minimum Gasteiger partial charge on any atom is -0.477 e. The number of anilines is 2. The Morgan fingerprint density at radius 3 is 2.68 bits per heavy atom. The van der Waals surface area contributed by atoms with Crippen LogP contribution in [0.4, 0.5) is 19.6 Å². The average molecular weight is 409 g/mol. The summed E-state index contributed by atoms with van der Waals surface area (Å²) in [5, 5.41) is 10.0. The van der Waals surface area contributed by atoms with E-state index >= 15 is 0 Å². The Hall–Kier alpha value is -2.59. The molecule has 1 aromatic carbocycles. The van der Waals surface area contributed by atoms with Gasteiger partial charge in [0, 0.05) is 25.2 Å². The summed E-state index contributed by atoms with van der Waals surface area (Å²) in [6.07, 6.45) is -0.00649. The fraction of sp³-hybridized carbons (Fsp3) is 0.389. The molecule has 0 spiro atoms. The predicted molar refractivity (Wildman–Crippen MR) is 98.2 cm³/mol. The van der Waals surface area contributed by atoms with E-state index in [1.54, 1.807) is 0 Å². The van der Waals surface area contributed by atoms with Gasteiger partial charge in [-0.25, -0.2) is 18.6 Å². The molecule has 1 aromatic heterocycles. The maximum atomic E-state index is 13.9. The van der Waals surface area contributed by atoms with Crippen LogP contribution in [0.5, 0.6) is 0 Å². The molecular formula is C18H17F2N3O4S. The average Bonchev–Trinajstić information content (AvgIpc) is 3.30. The topological polar surface area (TPSA) is 83.0 Å². The van der Waals surface area contributed by atoms with Crippen LogP contribution in [0, 0.1) is 11.6 Å². The lowest BCUT2D eigenvalue weighted by Crippen LogP contribution is -2.36. The number of benzene rings is 1. The van der Waals surface area contributed by atoms with Crippen LogP contribution in [0.25, 0.3) is 0 Å². The molecule has 4 rings (SSSR count). The first-order chi connectivity index (χ1) is 13.5. The molecule has 10 heteroatoms.